The maximum absolute atomic E-state index is 13.3. The highest BCUT2D eigenvalue weighted by molar-refractivity contribution is 7.13. The van der Waals surface area contributed by atoms with Gasteiger partial charge in [0, 0.05) is 18.0 Å². The summed E-state index contributed by atoms with van der Waals surface area (Å²) in [6.07, 6.45) is 1.05. The summed E-state index contributed by atoms with van der Waals surface area (Å²) in [4.78, 5) is 28.8. The maximum Gasteiger partial charge on any atom is 0.257 e. The minimum atomic E-state index is -0.788. The van der Waals surface area contributed by atoms with Crippen LogP contribution < -0.4 is 10.5 Å². The fourth-order valence-electron chi connectivity index (χ4n) is 4.28. The van der Waals surface area contributed by atoms with Crippen molar-refractivity contribution in [2.45, 2.75) is 19.8 Å². The number of carbonyl (C=O) groups excluding carboxylic acids is 2. The van der Waals surface area contributed by atoms with E-state index in [9.17, 15) is 9.59 Å². The molecule has 0 saturated carbocycles. The summed E-state index contributed by atoms with van der Waals surface area (Å²) in [5.74, 6) is 0.0789. The summed E-state index contributed by atoms with van der Waals surface area (Å²) in [6.45, 7) is 3.17. The predicted octanol–water partition coefficient (Wildman–Crippen LogP) is 4.37. The van der Waals surface area contributed by atoms with Gasteiger partial charge in [0.2, 0.25) is 5.91 Å². The van der Waals surface area contributed by atoms with Crippen molar-refractivity contribution in [3.8, 4) is 16.2 Å². The molecule has 31 heavy (non-hydrogen) atoms. The molecule has 2 aromatic carbocycles. The van der Waals surface area contributed by atoms with Crippen molar-refractivity contribution in [3.63, 3.8) is 0 Å². The lowest BCUT2D eigenvalue weighted by molar-refractivity contribution is -0.126. The van der Waals surface area contributed by atoms with Gasteiger partial charge in [-0.05, 0) is 54.5 Å². The van der Waals surface area contributed by atoms with E-state index in [0.717, 1.165) is 16.0 Å². The van der Waals surface area contributed by atoms with E-state index >= 15 is 0 Å². The van der Waals surface area contributed by atoms with Gasteiger partial charge in [0.05, 0.1) is 17.6 Å². The molecule has 0 unspecified atom stereocenters. The van der Waals surface area contributed by atoms with Crippen molar-refractivity contribution in [2.24, 2.45) is 11.1 Å². The molecule has 1 fully saturated rings. The van der Waals surface area contributed by atoms with Crippen molar-refractivity contribution in [2.75, 3.05) is 19.7 Å². The van der Waals surface area contributed by atoms with Gasteiger partial charge in [-0.2, -0.15) is 0 Å². The van der Waals surface area contributed by atoms with E-state index in [2.05, 4.69) is 18.2 Å². The Hall–Kier alpha value is -3.12. The summed E-state index contributed by atoms with van der Waals surface area (Å²) >= 11 is 1.67. The van der Waals surface area contributed by atoms with Crippen LogP contribution >= 0.6 is 11.3 Å². The lowest BCUT2D eigenvalue weighted by Crippen LogP contribution is -2.42. The third-order valence-electron chi connectivity index (χ3n) is 5.91. The fourth-order valence-corrected chi connectivity index (χ4v) is 5.07. The number of benzene rings is 2. The Morgan fingerprint density at radius 2 is 1.87 bits per heavy atom. The number of para-hydroxylation sites is 1. The van der Waals surface area contributed by atoms with Gasteiger partial charge in [-0.25, -0.2) is 0 Å². The number of rotatable bonds is 7. The smallest absolute Gasteiger partial charge is 0.257 e. The Morgan fingerprint density at radius 3 is 2.61 bits per heavy atom. The first-order valence-electron chi connectivity index (χ1n) is 10.5. The molecule has 1 aliphatic heterocycles. The van der Waals surface area contributed by atoms with Crippen LogP contribution in [0, 0.1) is 5.41 Å². The molecule has 1 saturated heterocycles. The minimum Gasteiger partial charge on any atom is -0.493 e. The average Bonchev–Trinajstić information content (AvgIpc) is 3.46. The Labute approximate surface area is 186 Å². The number of nitrogens with two attached hydrogens (primary N) is 1. The highest BCUT2D eigenvalue weighted by Gasteiger charge is 2.45. The maximum atomic E-state index is 13.3. The van der Waals surface area contributed by atoms with Crippen molar-refractivity contribution in [1.82, 2.24) is 4.90 Å². The van der Waals surface area contributed by atoms with E-state index in [0.29, 0.717) is 43.9 Å². The molecule has 1 aliphatic rings. The molecule has 0 radical (unpaired) electrons. The van der Waals surface area contributed by atoms with Gasteiger partial charge in [-0.3, -0.25) is 9.59 Å². The molecule has 0 spiro atoms. The second-order valence-corrected chi connectivity index (χ2v) is 8.81. The molecule has 4 rings (SSSR count). The zero-order valence-electron chi connectivity index (χ0n) is 17.5. The largest absolute Gasteiger partial charge is 0.493 e. The molecule has 5 nitrogen and oxygen atoms in total. The molecular formula is C25H26N2O3S. The number of likely N-dealkylation sites (tertiary alicyclic amines) is 1. The molecule has 0 bridgehead atoms. The van der Waals surface area contributed by atoms with Crippen molar-refractivity contribution < 1.29 is 14.3 Å². The van der Waals surface area contributed by atoms with Gasteiger partial charge < -0.3 is 15.4 Å². The van der Waals surface area contributed by atoms with Gasteiger partial charge >= 0.3 is 0 Å². The van der Waals surface area contributed by atoms with E-state index < -0.39 is 5.41 Å². The summed E-state index contributed by atoms with van der Waals surface area (Å²) in [5.41, 5.74) is 7.85. The highest BCUT2D eigenvalue weighted by atomic mass is 32.1. The topological polar surface area (TPSA) is 72.6 Å². The van der Waals surface area contributed by atoms with Gasteiger partial charge in [0.15, 0.2) is 0 Å². The van der Waals surface area contributed by atoms with Crippen LogP contribution in [0.2, 0.25) is 0 Å². The summed E-state index contributed by atoms with van der Waals surface area (Å²) in [5, 5.41) is 2.04. The number of carbonyl (C=O) groups is 2. The van der Waals surface area contributed by atoms with Gasteiger partial charge in [0.1, 0.15) is 5.75 Å². The third kappa shape index (κ3) is 4.21. The van der Waals surface area contributed by atoms with Crippen LogP contribution in [-0.2, 0) is 11.2 Å². The normalized spacial score (nSPS) is 18.2. The number of thiophene rings is 1. The second-order valence-electron chi connectivity index (χ2n) is 7.86. The zero-order chi connectivity index (χ0) is 21.8. The van der Waals surface area contributed by atoms with Crippen molar-refractivity contribution >= 4 is 23.2 Å². The van der Waals surface area contributed by atoms with E-state index in [4.69, 9.17) is 10.5 Å². The standard InChI is InChI=1S/C25H26N2O3S/c1-2-30-21-11-6-5-10-20(21)23(28)27-14-13-25(17-27,24(26)29)16-18-8-3-4-9-19(18)22-12-7-15-31-22/h3-12,15H,2,13-14,16-17H2,1H3,(H2,26,29)/t25-/m0/s1. The Kier molecular flexibility index (Phi) is 6.09. The van der Waals surface area contributed by atoms with Crippen molar-refractivity contribution in [1.29, 1.82) is 0 Å². The molecular weight excluding hydrogens is 408 g/mol. The van der Waals surface area contributed by atoms with Crippen LogP contribution in [0.1, 0.15) is 29.3 Å². The van der Waals surface area contributed by atoms with Crippen LogP contribution in [0.25, 0.3) is 10.4 Å². The summed E-state index contributed by atoms with van der Waals surface area (Å²) in [6, 6.07) is 19.4. The third-order valence-corrected chi connectivity index (χ3v) is 6.82. The minimum absolute atomic E-state index is 0.126. The van der Waals surface area contributed by atoms with E-state index in [1.54, 1.807) is 28.4 Å². The molecule has 3 aromatic rings. The van der Waals surface area contributed by atoms with E-state index in [1.807, 2.05) is 42.6 Å². The molecule has 2 amide bonds. The molecule has 0 aliphatic carbocycles. The average molecular weight is 435 g/mol. The Balaban J connectivity index is 1.60. The molecule has 2 heterocycles. The quantitative estimate of drug-likeness (QED) is 0.600. The lowest BCUT2D eigenvalue weighted by atomic mass is 9.79. The molecule has 6 heteroatoms. The summed E-state index contributed by atoms with van der Waals surface area (Å²) in [7, 11) is 0. The van der Waals surface area contributed by atoms with Crippen molar-refractivity contribution in [3.05, 3.63) is 77.2 Å². The van der Waals surface area contributed by atoms with E-state index in [-0.39, 0.29) is 11.8 Å². The Morgan fingerprint density at radius 1 is 1.10 bits per heavy atom. The monoisotopic (exact) mass is 434 g/mol. The first-order valence-corrected chi connectivity index (χ1v) is 11.3. The van der Waals surface area contributed by atoms with E-state index in [1.165, 1.54) is 0 Å². The van der Waals surface area contributed by atoms with Gasteiger partial charge in [-0.15, -0.1) is 11.3 Å². The number of amides is 2. The SMILES string of the molecule is CCOc1ccccc1C(=O)N1CC[C@@](Cc2ccccc2-c2cccs2)(C(N)=O)C1. The number of hydrogen-bond acceptors (Lipinski definition) is 4. The Bertz CT molecular complexity index is 1080. The first kappa shape index (κ1) is 21.1. The molecule has 2 N–H and O–H groups in total. The van der Waals surface area contributed by atoms with Crippen LogP contribution in [-0.4, -0.2) is 36.4 Å². The van der Waals surface area contributed by atoms with Gasteiger partial charge in [0.25, 0.3) is 5.91 Å². The zero-order valence-corrected chi connectivity index (χ0v) is 18.4. The lowest BCUT2D eigenvalue weighted by Gasteiger charge is -2.27. The summed E-state index contributed by atoms with van der Waals surface area (Å²) < 4.78 is 5.63. The number of nitrogens with zero attached hydrogens (tertiary/aromatic N) is 1. The number of hydrogen-bond donors (Lipinski definition) is 1. The highest BCUT2D eigenvalue weighted by Crippen LogP contribution is 2.38. The molecule has 160 valence electrons. The van der Waals surface area contributed by atoms with Crippen LogP contribution in [0.3, 0.4) is 0 Å². The molecule has 1 atom stereocenters. The van der Waals surface area contributed by atoms with Gasteiger partial charge in [-0.1, -0.05) is 42.5 Å². The predicted molar refractivity (Wildman–Crippen MR) is 123 cm³/mol. The van der Waals surface area contributed by atoms with Crippen LogP contribution in [0.5, 0.6) is 5.75 Å². The number of primary amides is 1. The van der Waals surface area contributed by atoms with Crippen LogP contribution in [0.15, 0.2) is 66.0 Å². The number of ether oxygens (including phenoxy) is 1. The van der Waals surface area contributed by atoms with Crippen LogP contribution in [0.4, 0.5) is 0 Å². The first-order chi connectivity index (χ1) is 15.0. The fraction of sp³-hybridized carbons (Fsp3) is 0.280. The molecule has 1 aromatic heterocycles. The second kappa shape index (κ2) is 8.94.